The van der Waals surface area contributed by atoms with Crippen LogP contribution < -0.4 is 0 Å². The molecule has 0 heterocycles. The molecule has 0 unspecified atom stereocenters. The highest BCUT2D eigenvalue weighted by Crippen LogP contribution is 1.83. The van der Waals surface area contributed by atoms with Crippen LogP contribution in [0.15, 0.2) is 0 Å². The van der Waals surface area contributed by atoms with Crippen LogP contribution in [0.25, 0.3) is 0 Å². The number of aliphatic hydroxyl groups excluding tert-OH is 2. The molecule has 0 aliphatic carbocycles. The maximum absolute atomic E-state index is 8.19. The molecule has 0 bridgehead atoms. The number of rotatable bonds is 6. The Labute approximate surface area is 80.5 Å². The van der Waals surface area contributed by atoms with Gasteiger partial charge in [-0.2, -0.15) is 0 Å². The minimum Gasteiger partial charge on any atom is -0.394 e. The summed E-state index contributed by atoms with van der Waals surface area (Å²) in [5.74, 6) is 0. The van der Waals surface area contributed by atoms with E-state index in [-0.39, 0.29) is 19.3 Å². The van der Waals surface area contributed by atoms with Gasteiger partial charge in [0.2, 0.25) is 0 Å². The van der Waals surface area contributed by atoms with Crippen LogP contribution in [-0.2, 0) is 9.47 Å². The fourth-order valence-corrected chi connectivity index (χ4v) is 0.497. The van der Waals surface area contributed by atoms with E-state index in [1.54, 1.807) is 0 Å². The molecule has 0 saturated heterocycles. The molecular formula is C9H22O4. The molecule has 13 heavy (non-hydrogen) atoms. The third-order valence-corrected chi connectivity index (χ3v) is 0.982. The summed E-state index contributed by atoms with van der Waals surface area (Å²) in [4.78, 5) is 0. The van der Waals surface area contributed by atoms with Crippen LogP contribution in [0.5, 0.6) is 0 Å². The van der Waals surface area contributed by atoms with Gasteiger partial charge in [-0.15, -0.1) is 0 Å². The zero-order valence-electron chi connectivity index (χ0n) is 8.82. The number of hydrogen-bond donors (Lipinski definition) is 2. The van der Waals surface area contributed by atoms with E-state index in [2.05, 4.69) is 0 Å². The lowest BCUT2D eigenvalue weighted by atomic mass is 10.5. The zero-order chi connectivity index (χ0) is 10.5. The second-order valence-corrected chi connectivity index (χ2v) is 2.56. The molecule has 0 aromatic heterocycles. The fraction of sp³-hybridized carbons (Fsp3) is 1.00. The van der Waals surface area contributed by atoms with Gasteiger partial charge in [0, 0.05) is 6.61 Å². The van der Waals surface area contributed by atoms with Crippen LogP contribution in [0.2, 0.25) is 0 Å². The molecule has 0 atom stereocenters. The Balaban J connectivity index is 0. The third-order valence-electron chi connectivity index (χ3n) is 0.982. The molecule has 82 valence electrons. The molecule has 4 nitrogen and oxygen atoms in total. The van der Waals surface area contributed by atoms with Crippen molar-refractivity contribution in [2.75, 3.05) is 33.0 Å². The minimum absolute atomic E-state index is 0.123. The van der Waals surface area contributed by atoms with Gasteiger partial charge in [0.15, 0.2) is 0 Å². The van der Waals surface area contributed by atoms with E-state index in [0.29, 0.717) is 19.8 Å². The largest absolute Gasteiger partial charge is 0.394 e. The molecule has 0 saturated carbocycles. The standard InChI is InChI=1S/C5H12O2.C4H10O2/c1-5(2)7-4-3-6;1-2-6-4-3-5/h5-6H,3-4H2,1-2H3;5H,2-4H2,1H3. The van der Waals surface area contributed by atoms with Crippen LogP contribution in [0, 0.1) is 0 Å². The highest BCUT2D eigenvalue weighted by Gasteiger charge is 1.87. The lowest BCUT2D eigenvalue weighted by molar-refractivity contribution is 0.0494. The van der Waals surface area contributed by atoms with Crippen molar-refractivity contribution in [1.29, 1.82) is 0 Å². The van der Waals surface area contributed by atoms with Crippen LogP contribution in [0.1, 0.15) is 20.8 Å². The summed E-state index contributed by atoms with van der Waals surface area (Å²) in [5.41, 5.74) is 0. The van der Waals surface area contributed by atoms with E-state index >= 15 is 0 Å². The molecule has 0 aliphatic heterocycles. The average molecular weight is 194 g/mol. The summed E-state index contributed by atoms with van der Waals surface area (Å²) < 4.78 is 9.67. The van der Waals surface area contributed by atoms with Crippen molar-refractivity contribution in [3.63, 3.8) is 0 Å². The Hall–Kier alpha value is -0.160. The highest BCUT2D eigenvalue weighted by molar-refractivity contribution is 4.33. The summed E-state index contributed by atoms with van der Waals surface area (Å²) in [7, 11) is 0. The van der Waals surface area contributed by atoms with E-state index < -0.39 is 0 Å². The van der Waals surface area contributed by atoms with Crippen LogP contribution in [0.3, 0.4) is 0 Å². The lowest BCUT2D eigenvalue weighted by Gasteiger charge is -2.02. The lowest BCUT2D eigenvalue weighted by Crippen LogP contribution is -2.06. The molecule has 0 rings (SSSR count). The maximum atomic E-state index is 8.19. The highest BCUT2D eigenvalue weighted by atomic mass is 16.5. The van der Waals surface area contributed by atoms with Crippen molar-refractivity contribution >= 4 is 0 Å². The van der Waals surface area contributed by atoms with Gasteiger partial charge >= 0.3 is 0 Å². The van der Waals surface area contributed by atoms with Gasteiger partial charge in [-0.1, -0.05) is 0 Å². The molecule has 4 heteroatoms. The molecule has 0 amide bonds. The van der Waals surface area contributed by atoms with E-state index in [4.69, 9.17) is 19.7 Å². The van der Waals surface area contributed by atoms with Gasteiger partial charge < -0.3 is 19.7 Å². The minimum atomic E-state index is 0.123. The monoisotopic (exact) mass is 194 g/mol. The summed E-state index contributed by atoms with van der Waals surface area (Å²) >= 11 is 0. The first-order valence-electron chi connectivity index (χ1n) is 4.60. The van der Waals surface area contributed by atoms with E-state index in [1.165, 1.54) is 0 Å². The third kappa shape index (κ3) is 24.5. The normalized spacial score (nSPS) is 9.69. The first-order valence-corrected chi connectivity index (χ1v) is 4.60. The fourth-order valence-electron chi connectivity index (χ4n) is 0.497. The van der Waals surface area contributed by atoms with Gasteiger partial charge in [0.1, 0.15) is 0 Å². The maximum Gasteiger partial charge on any atom is 0.0701 e. The smallest absolute Gasteiger partial charge is 0.0701 e. The van der Waals surface area contributed by atoms with Gasteiger partial charge in [0.05, 0.1) is 32.5 Å². The Morgan fingerprint density at radius 1 is 1.08 bits per heavy atom. The van der Waals surface area contributed by atoms with Crippen molar-refractivity contribution in [2.45, 2.75) is 26.9 Å². The van der Waals surface area contributed by atoms with Crippen LogP contribution in [-0.4, -0.2) is 49.4 Å². The number of hydrogen-bond acceptors (Lipinski definition) is 4. The van der Waals surface area contributed by atoms with E-state index in [9.17, 15) is 0 Å². The van der Waals surface area contributed by atoms with Crippen molar-refractivity contribution in [1.82, 2.24) is 0 Å². The first kappa shape index (κ1) is 15.3. The summed E-state index contributed by atoms with van der Waals surface area (Å²) in [6, 6.07) is 0. The first-order chi connectivity index (χ1) is 6.18. The average Bonchev–Trinajstić information content (AvgIpc) is 2.12. The predicted molar refractivity (Wildman–Crippen MR) is 51.8 cm³/mol. The van der Waals surface area contributed by atoms with Crippen molar-refractivity contribution in [3.05, 3.63) is 0 Å². The Morgan fingerprint density at radius 3 is 1.77 bits per heavy atom. The molecule has 0 aromatic rings. The Kier molecular flexibility index (Phi) is 16.9. The second-order valence-electron chi connectivity index (χ2n) is 2.56. The zero-order valence-corrected chi connectivity index (χ0v) is 8.82. The van der Waals surface area contributed by atoms with Crippen molar-refractivity contribution in [2.24, 2.45) is 0 Å². The van der Waals surface area contributed by atoms with E-state index in [0.717, 1.165) is 0 Å². The Bertz CT molecular complexity index is 72.0. The van der Waals surface area contributed by atoms with Crippen LogP contribution >= 0.6 is 0 Å². The molecule has 0 spiro atoms. The summed E-state index contributed by atoms with van der Waals surface area (Å²) in [5, 5.41) is 16.3. The van der Waals surface area contributed by atoms with Gasteiger partial charge in [-0.25, -0.2) is 0 Å². The molecule has 2 N–H and O–H groups in total. The SMILES string of the molecule is CC(C)OCCO.CCOCCO. The van der Waals surface area contributed by atoms with Gasteiger partial charge in [-0.05, 0) is 20.8 Å². The number of ether oxygens (including phenoxy) is 2. The molecule has 0 fully saturated rings. The number of aliphatic hydroxyl groups is 2. The Morgan fingerprint density at radius 2 is 1.62 bits per heavy atom. The summed E-state index contributed by atoms with van der Waals surface area (Å²) in [6.45, 7) is 7.65. The molecule has 0 radical (unpaired) electrons. The van der Waals surface area contributed by atoms with Gasteiger partial charge in [0.25, 0.3) is 0 Å². The quantitative estimate of drug-likeness (QED) is 0.602. The second kappa shape index (κ2) is 14.4. The molecular weight excluding hydrogens is 172 g/mol. The predicted octanol–water partition coefficient (Wildman–Crippen LogP) is 0.419. The summed E-state index contributed by atoms with van der Waals surface area (Å²) in [6.07, 6.45) is 0.243. The van der Waals surface area contributed by atoms with Crippen LogP contribution in [0.4, 0.5) is 0 Å². The molecule has 0 aliphatic rings. The van der Waals surface area contributed by atoms with E-state index in [1.807, 2.05) is 20.8 Å². The topological polar surface area (TPSA) is 58.9 Å². The van der Waals surface area contributed by atoms with Crippen molar-refractivity contribution in [3.8, 4) is 0 Å². The van der Waals surface area contributed by atoms with Gasteiger partial charge in [-0.3, -0.25) is 0 Å². The molecule has 0 aromatic carbocycles. The van der Waals surface area contributed by atoms with Crippen molar-refractivity contribution < 1.29 is 19.7 Å².